The van der Waals surface area contributed by atoms with Crippen LogP contribution in [0.2, 0.25) is 10.0 Å². The van der Waals surface area contributed by atoms with Crippen LogP contribution in [0.1, 0.15) is 42.7 Å². The van der Waals surface area contributed by atoms with Gasteiger partial charge in [0.1, 0.15) is 5.75 Å². The lowest BCUT2D eigenvalue weighted by atomic mass is 10.1. The van der Waals surface area contributed by atoms with Crippen molar-refractivity contribution < 1.29 is 9.53 Å². The van der Waals surface area contributed by atoms with E-state index in [-0.39, 0.29) is 18.1 Å². The van der Waals surface area contributed by atoms with Gasteiger partial charge in [0, 0.05) is 5.02 Å². The van der Waals surface area contributed by atoms with Crippen molar-refractivity contribution in [1.29, 1.82) is 0 Å². The van der Waals surface area contributed by atoms with Crippen molar-refractivity contribution in [3.8, 4) is 5.75 Å². The van der Waals surface area contributed by atoms with Gasteiger partial charge in [-0.05, 0) is 56.7 Å². The molecule has 0 aliphatic carbocycles. The van der Waals surface area contributed by atoms with Gasteiger partial charge in [-0.25, -0.2) is 0 Å². The van der Waals surface area contributed by atoms with E-state index in [0.717, 1.165) is 11.3 Å². The fourth-order valence-electron chi connectivity index (χ4n) is 2.16. The molecule has 2 rings (SSSR count). The van der Waals surface area contributed by atoms with Crippen molar-refractivity contribution in [2.75, 3.05) is 0 Å². The van der Waals surface area contributed by atoms with E-state index in [4.69, 9.17) is 27.9 Å². The third kappa shape index (κ3) is 4.88. The van der Waals surface area contributed by atoms with E-state index in [0.29, 0.717) is 15.6 Å². The van der Waals surface area contributed by atoms with E-state index in [1.807, 2.05) is 45.0 Å². The summed E-state index contributed by atoms with van der Waals surface area (Å²) < 4.78 is 5.68. The molecule has 1 unspecified atom stereocenters. The lowest BCUT2D eigenvalue weighted by molar-refractivity contribution is 0.0940. The molecule has 0 aliphatic rings. The average Bonchev–Trinajstić information content (AvgIpc) is 2.46. The number of carbonyl (C=O) groups is 1. The second-order valence-electron chi connectivity index (χ2n) is 5.56. The maximum absolute atomic E-state index is 12.4. The molecule has 0 fully saturated rings. The maximum Gasteiger partial charge on any atom is 0.253 e. The van der Waals surface area contributed by atoms with Gasteiger partial charge in [0.25, 0.3) is 5.91 Å². The van der Waals surface area contributed by atoms with Crippen molar-refractivity contribution in [2.45, 2.75) is 32.9 Å². The quantitative estimate of drug-likeness (QED) is 0.796. The molecule has 0 aromatic heterocycles. The predicted octanol–water partition coefficient (Wildman–Crippen LogP) is 5.27. The Morgan fingerprint density at radius 3 is 2.48 bits per heavy atom. The largest absolute Gasteiger partial charge is 0.491 e. The molecule has 23 heavy (non-hydrogen) atoms. The number of benzene rings is 2. The zero-order chi connectivity index (χ0) is 17.0. The normalized spacial score (nSPS) is 12.1. The van der Waals surface area contributed by atoms with Crippen LogP contribution in [-0.4, -0.2) is 12.0 Å². The van der Waals surface area contributed by atoms with Gasteiger partial charge in [-0.3, -0.25) is 4.79 Å². The highest BCUT2D eigenvalue weighted by molar-refractivity contribution is 6.36. The first-order valence-electron chi connectivity index (χ1n) is 7.39. The lowest BCUT2D eigenvalue weighted by Gasteiger charge is -2.17. The van der Waals surface area contributed by atoms with Crippen LogP contribution in [0.5, 0.6) is 5.75 Å². The van der Waals surface area contributed by atoms with Gasteiger partial charge in [0.2, 0.25) is 0 Å². The van der Waals surface area contributed by atoms with E-state index < -0.39 is 0 Å². The monoisotopic (exact) mass is 351 g/mol. The Labute approximate surface area is 146 Å². The van der Waals surface area contributed by atoms with Crippen molar-refractivity contribution in [3.05, 3.63) is 63.6 Å². The van der Waals surface area contributed by atoms with Crippen LogP contribution in [0.3, 0.4) is 0 Å². The summed E-state index contributed by atoms with van der Waals surface area (Å²) in [5, 5.41) is 3.76. The van der Waals surface area contributed by atoms with Gasteiger partial charge in [-0.1, -0.05) is 35.3 Å². The number of rotatable bonds is 5. The van der Waals surface area contributed by atoms with Crippen LogP contribution in [0.15, 0.2) is 42.5 Å². The Morgan fingerprint density at radius 1 is 1.09 bits per heavy atom. The number of nitrogens with one attached hydrogen (secondary N) is 1. The summed E-state index contributed by atoms with van der Waals surface area (Å²) in [7, 11) is 0. The third-order valence-electron chi connectivity index (χ3n) is 3.25. The number of carbonyl (C=O) groups excluding carboxylic acids is 1. The SMILES string of the molecule is CC(C)Oc1cccc(C(C)NC(=O)c2ccc(Cl)cc2Cl)c1. The van der Waals surface area contributed by atoms with Crippen molar-refractivity contribution in [2.24, 2.45) is 0 Å². The lowest BCUT2D eigenvalue weighted by Crippen LogP contribution is -2.26. The Morgan fingerprint density at radius 2 is 1.83 bits per heavy atom. The summed E-state index contributed by atoms with van der Waals surface area (Å²) in [6.45, 7) is 5.86. The van der Waals surface area contributed by atoms with Crippen LogP contribution in [0.25, 0.3) is 0 Å². The molecular weight excluding hydrogens is 333 g/mol. The van der Waals surface area contributed by atoms with E-state index >= 15 is 0 Å². The van der Waals surface area contributed by atoms with Crippen LogP contribution in [-0.2, 0) is 0 Å². The molecule has 3 nitrogen and oxygen atoms in total. The minimum absolute atomic E-state index is 0.100. The van der Waals surface area contributed by atoms with E-state index in [1.165, 1.54) is 0 Å². The first kappa shape index (κ1) is 17.6. The van der Waals surface area contributed by atoms with Crippen molar-refractivity contribution in [1.82, 2.24) is 5.32 Å². The van der Waals surface area contributed by atoms with Crippen LogP contribution >= 0.6 is 23.2 Å². The van der Waals surface area contributed by atoms with Crippen LogP contribution in [0, 0.1) is 0 Å². The number of halogens is 2. The van der Waals surface area contributed by atoms with E-state index in [2.05, 4.69) is 5.32 Å². The fraction of sp³-hybridized carbons (Fsp3) is 0.278. The molecule has 1 N–H and O–H groups in total. The van der Waals surface area contributed by atoms with Gasteiger partial charge in [0.15, 0.2) is 0 Å². The Bertz CT molecular complexity index is 701. The Kier molecular flexibility index (Phi) is 5.91. The molecule has 0 bridgehead atoms. The van der Waals surface area contributed by atoms with Gasteiger partial charge in [-0.2, -0.15) is 0 Å². The molecule has 2 aromatic rings. The first-order chi connectivity index (χ1) is 10.9. The highest BCUT2D eigenvalue weighted by Gasteiger charge is 2.15. The Balaban J connectivity index is 2.12. The minimum atomic E-state index is -0.241. The molecule has 1 atom stereocenters. The van der Waals surface area contributed by atoms with Gasteiger partial charge < -0.3 is 10.1 Å². The zero-order valence-corrected chi connectivity index (χ0v) is 14.8. The standard InChI is InChI=1S/C18H19Cl2NO2/c1-11(2)23-15-6-4-5-13(9-15)12(3)21-18(22)16-8-7-14(19)10-17(16)20/h4-12H,1-3H3,(H,21,22). The molecule has 1 amide bonds. The average molecular weight is 352 g/mol. The van der Waals surface area contributed by atoms with Gasteiger partial charge >= 0.3 is 0 Å². The molecule has 0 spiro atoms. The fourth-order valence-corrected chi connectivity index (χ4v) is 2.66. The highest BCUT2D eigenvalue weighted by Crippen LogP contribution is 2.23. The molecule has 0 saturated carbocycles. The maximum atomic E-state index is 12.4. The number of amides is 1. The third-order valence-corrected chi connectivity index (χ3v) is 3.80. The molecule has 122 valence electrons. The summed E-state index contributed by atoms with van der Waals surface area (Å²) in [5.41, 5.74) is 1.36. The van der Waals surface area contributed by atoms with Gasteiger partial charge in [-0.15, -0.1) is 0 Å². The smallest absolute Gasteiger partial charge is 0.253 e. The first-order valence-corrected chi connectivity index (χ1v) is 8.15. The second-order valence-corrected chi connectivity index (χ2v) is 6.40. The number of hydrogen-bond donors (Lipinski definition) is 1. The summed E-state index contributed by atoms with van der Waals surface area (Å²) >= 11 is 11.9. The number of hydrogen-bond acceptors (Lipinski definition) is 2. The molecule has 2 aromatic carbocycles. The summed E-state index contributed by atoms with van der Waals surface area (Å²) in [4.78, 5) is 12.4. The molecule has 0 radical (unpaired) electrons. The highest BCUT2D eigenvalue weighted by atomic mass is 35.5. The van der Waals surface area contributed by atoms with Gasteiger partial charge in [0.05, 0.1) is 22.7 Å². The summed E-state index contributed by atoms with van der Waals surface area (Å²) in [5.74, 6) is 0.539. The summed E-state index contributed by atoms with van der Waals surface area (Å²) in [6.07, 6.45) is 0.100. The van der Waals surface area contributed by atoms with Crippen molar-refractivity contribution >= 4 is 29.1 Å². The molecule has 0 heterocycles. The molecule has 0 saturated heterocycles. The molecular formula is C18H19Cl2NO2. The predicted molar refractivity (Wildman–Crippen MR) is 94.5 cm³/mol. The van der Waals surface area contributed by atoms with E-state index in [1.54, 1.807) is 18.2 Å². The van der Waals surface area contributed by atoms with Crippen LogP contribution < -0.4 is 10.1 Å². The topological polar surface area (TPSA) is 38.3 Å². The number of ether oxygens (including phenoxy) is 1. The second kappa shape index (κ2) is 7.71. The van der Waals surface area contributed by atoms with E-state index in [9.17, 15) is 4.79 Å². The summed E-state index contributed by atoms with van der Waals surface area (Å²) in [6, 6.07) is 12.3. The van der Waals surface area contributed by atoms with Crippen molar-refractivity contribution in [3.63, 3.8) is 0 Å². The Hall–Kier alpha value is -1.71. The van der Waals surface area contributed by atoms with Crippen LogP contribution in [0.4, 0.5) is 0 Å². The minimum Gasteiger partial charge on any atom is -0.491 e. The molecule has 5 heteroatoms. The molecule has 0 aliphatic heterocycles. The zero-order valence-electron chi connectivity index (χ0n) is 13.3.